The molecule has 8 heteroatoms. The number of likely N-dealkylation sites (tertiary alicyclic amines) is 1. The highest BCUT2D eigenvalue weighted by molar-refractivity contribution is 6.47. The van der Waals surface area contributed by atoms with Gasteiger partial charge in [0.2, 0.25) is 0 Å². The van der Waals surface area contributed by atoms with Gasteiger partial charge in [0, 0.05) is 6.54 Å². The number of Topliss-reactive ketones (excluding diaryl/α,β-unsaturated/α-hetero) is 1. The molecule has 1 aliphatic heterocycles. The number of hydrogen-bond donors (Lipinski definition) is 1. The fourth-order valence-electron chi connectivity index (χ4n) is 4.54. The van der Waals surface area contributed by atoms with Crippen LogP contribution in [-0.4, -0.2) is 42.5 Å². The molecular weight excluding hydrogens is 489 g/mol. The van der Waals surface area contributed by atoms with Crippen molar-refractivity contribution in [1.82, 2.24) is 4.90 Å². The van der Waals surface area contributed by atoms with Crippen molar-refractivity contribution in [2.75, 3.05) is 20.8 Å². The maximum Gasteiger partial charge on any atom is 0.295 e. The molecule has 1 heterocycles. The van der Waals surface area contributed by atoms with Crippen LogP contribution in [-0.2, 0) is 9.59 Å². The fraction of sp³-hybridized carbons (Fsp3) is 0.259. The summed E-state index contributed by atoms with van der Waals surface area (Å²) >= 11 is 12.8. The number of nitrogens with zero attached hydrogens (tertiary/aromatic N) is 1. The van der Waals surface area contributed by atoms with Crippen LogP contribution in [0.3, 0.4) is 0 Å². The predicted octanol–water partition coefficient (Wildman–Crippen LogP) is 6.39. The number of rotatable bonds is 7. The molecule has 1 N–H and O–H groups in total. The van der Waals surface area contributed by atoms with Crippen LogP contribution >= 0.6 is 23.2 Å². The monoisotopic (exact) mass is 513 g/mol. The first-order valence-electron chi connectivity index (χ1n) is 11.2. The van der Waals surface area contributed by atoms with Crippen molar-refractivity contribution in [3.8, 4) is 11.5 Å². The topological polar surface area (TPSA) is 76.1 Å². The lowest BCUT2D eigenvalue weighted by atomic mass is 9.91. The number of unbranched alkanes of at least 4 members (excludes halogenated alkanes) is 1. The van der Waals surface area contributed by atoms with Crippen molar-refractivity contribution in [3.05, 3.63) is 75.3 Å². The summed E-state index contributed by atoms with van der Waals surface area (Å²) in [5.74, 6) is -1.59. The lowest BCUT2D eigenvalue weighted by Crippen LogP contribution is -2.30. The van der Waals surface area contributed by atoms with E-state index < -0.39 is 23.5 Å². The molecule has 1 saturated heterocycles. The van der Waals surface area contributed by atoms with Crippen molar-refractivity contribution >= 4 is 51.4 Å². The van der Waals surface area contributed by atoms with Crippen molar-refractivity contribution in [2.24, 2.45) is 0 Å². The van der Waals surface area contributed by atoms with Crippen LogP contribution in [0.4, 0.5) is 0 Å². The highest BCUT2D eigenvalue weighted by Gasteiger charge is 2.46. The second-order valence-corrected chi connectivity index (χ2v) is 8.99. The molecule has 4 rings (SSSR count). The van der Waals surface area contributed by atoms with E-state index in [0.29, 0.717) is 13.0 Å². The van der Waals surface area contributed by atoms with E-state index in [4.69, 9.17) is 32.7 Å². The van der Waals surface area contributed by atoms with E-state index in [1.54, 1.807) is 0 Å². The van der Waals surface area contributed by atoms with Gasteiger partial charge in [0.1, 0.15) is 10.8 Å². The van der Waals surface area contributed by atoms with Crippen LogP contribution < -0.4 is 9.47 Å². The van der Waals surface area contributed by atoms with E-state index in [-0.39, 0.29) is 32.7 Å². The zero-order chi connectivity index (χ0) is 25.3. The third kappa shape index (κ3) is 4.21. The number of fused-ring (bicyclic) bond motifs is 1. The summed E-state index contributed by atoms with van der Waals surface area (Å²) in [5, 5.41) is 13.5. The molecule has 0 aliphatic carbocycles. The second kappa shape index (κ2) is 10.2. The van der Waals surface area contributed by atoms with Gasteiger partial charge in [-0.05, 0) is 28.8 Å². The molecule has 0 spiro atoms. The highest BCUT2D eigenvalue weighted by Crippen LogP contribution is 2.48. The number of amides is 1. The van der Waals surface area contributed by atoms with E-state index >= 15 is 0 Å². The van der Waals surface area contributed by atoms with Crippen LogP contribution in [0.5, 0.6) is 11.5 Å². The van der Waals surface area contributed by atoms with Crippen LogP contribution in [0.1, 0.15) is 36.9 Å². The first-order valence-corrected chi connectivity index (χ1v) is 12.0. The van der Waals surface area contributed by atoms with Crippen molar-refractivity contribution in [3.63, 3.8) is 0 Å². The maximum absolute atomic E-state index is 13.4. The molecule has 6 nitrogen and oxygen atoms in total. The van der Waals surface area contributed by atoms with Crippen molar-refractivity contribution < 1.29 is 24.2 Å². The average molecular weight is 514 g/mol. The Morgan fingerprint density at radius 2 is 1.71 bits per heavy atom. The number of ether oxygens (including phenoxy) is 2. The molecule has 1 aliphatic rings. The summed E-state index contributed by atoms with van der Waals surface area (Å²) in [6.07, 6.45) is 1.54. The highest BCUT2D eigenvalue weighted by atomic mass is 35.5. The molecule has 1 amide bonds. The molecule has 3 aromatic rings. The SMILES string of the molecule is CCCCN1C(=O)C(=O)/C(=C(/O)c2cc(Cl)c(OC)c(Cl)c2OC)C1c1cccc2ccccc12. The molecule has 0 radical (unpaired) electrons. The van der Waals surface area contributed by atoms with Gasteiger partial charge in [-0.25, -0.2) is 0 Å². The third-order valence-corrected chi connectivity index (χ3v) is 6.83. The summed E-state index contributed by atoms with van der Waals surface area (Å²) in [4.78, 5) is 28.1. The van der Waals surface area contributed by atoms with Gasteiger partial charge in [-0.2, -0.15) is 0 Å². The Labute approximate surface area is 213 Å². The molecule has 1 fully saturated rings. The summed E-state index contributed by atoms with van der Waals surface area (Å²) in [6, 6.07) is 14.0. The number of aliphatic hydroxyl groups is 1. The normalized spacial score (nSPS) is 17.3. The molecule has 1 atom stereocenters. The van der Waals surface area contributed by atoms with Gasteiger partial charge in [0.15, 0.2) is 11.5 Å². The number of benzene rings is 3. The summed E-state index contributed by atoms with van der Waals surface area (Å²) in [7, 11) is 2.79. The Bertz CT molecular complexity index is 1350. The average Bonchev–Trinajstić information content (AvgIpc) is 3.11. The molecule has 3 aromatic carbocycles. The minimum absolute atomic E-state index is 0.0435. The molecular formula is C27H25Cl2NO5. The van der Waals surface area contributed by atoms with Gasteiger partial charge < -0.3 is 19.5 Å². The minimum Gasteiger partial charge on any atom is -0.507 e. The maximum atomic E-state index is 13.4. The number of carbonyl (C=O) groups excluding carboxylic acids is 2. The Kier molecular flexibility index (Phi) is 7.24. The zero-order valence-electron chi connectivity index (χ0n) is 19.6. The molecule has 0 aromatic heterocycles. The zero-order valence-corrected chi connectivity index (χ0v) is 21.1. The standard InChI is InChI=1S/C27H25Cl2NO5/c1-4-5-13-30-22(17-12-8-10-15-9-6-7-11-16(15)17)20(24(32)27(30)33)23(31)18-14-19(28)26(35-3)21(29)25(18)34-2/h6-12,14,22,31H,4-5,13H2,1-3H3/b23-20+. The van der Waals surface area contributed by atoms with Gasteiger partial charge in [-0.3, -0.25) is 9.59 Å². The quantitative estimate of drug-likeness (QED) is 0.225. The Morgan fingerprint density at radius 3 is 2.40 bits per heavy atom. The van der Waals surface area contributed by atoms with Crippen LogP contribution in [0, 0.1) is 0 Å². The number of hydrogen-bond acceptors (Lipinski definition) is 5. The summed E-state index contributed by atoms with van der Waals surface area (Å²) in [6.45, 7) is 2.38. The van der Waals surface area contributed by atoms with Crippen LogP contribution in [0.25, 0.3) is 16.5 Å². The number of halogens is 2. The Hall–Kier alpha value is -3.22. The van der Waals surface area contributed by atoms with E-state index in [2.05, 4.69) is 0 Å². The molecule has 35 heavy (non-hydrogen) atoms. The molecule has 0 bridgehead atoms. The van der Waals surface area contributed by atoms with Gasteiger partial charge in [-0.15, -0.1) is 0 Å². The van der Waals surface area contributed by atoms with Crippen molar-refractivity contribution in [1.29, 1.82) is 0 Å². The first kappa shape index (κ1) is 24.9. The second-order valence-electron chi connectivity index (χ2n) is 8.20. The fourth-order valence-corrected chi connectivity index (χ4v) is 5.23. The number of carbonyl (C=O) groups is 2. The Morgan fingerprint density at radius 1 is 1.03 bits per heavy atom. The lowest BCUT2D eigenvalue weighted by Gasteiger charge is -2.26. The number of methoxy groups -OCH3 is 2. The first-order chi connectivity index (χ1) is 16.8. The van der Waals surface area contributed by atoms with Gasteiger partial charge in [0.25, 0.3) is 11.7 Å². The molecule has 1 unspecified atom stereocenters. The van der Waals surface area contributed by atoms with E-state index in [1.165, 1.54) is 25.2 Å². The summed E-state index contributed by atoms with van der Waals surface area (Å²) < 4.78 is 10.7. The summed E-state index contributed by atoms with van der Waals surface area (Å²) in [5.41, 5.74) is 0.796. The van der Waals surface area contributed by atoms with Gasteiger partial charge in [0.05, 0.1) is 36.4 Å². The van der Waals surface area contributed by atoms with Crippen LogP contribution in [0.2, 0.25) is 10.0 Å². The van der Waals surface area contributed by atoms with E-state index in [1.807, 2.05) is 49.4 Å². The minimum atomic E-state index is -0.794. The Balaban J connectivity index is 2.02. The number of aliphatic hydroxyl groups excluding tert-OH is 1. The van der Waals surface area contributed by atoms with Gasteiger partial charge >= 0.3 is 0 Å². The lowest BCUT2D eigenvalue weighted by molar-refractivity contribution is -0.139. The number of ketones is 1. The third-order valence-electron chi connectivity index (χ3n) is 6.21. The van der Waals surface area contributed by atoms with Crippen molar-refractivity contribution in [2.45, 2.75) is 25.8 Å². The largest absolute Gasteiger partial charge is 0.507 e. The van der Waals surface area contributed by atoms with E-state index in [0.717, 1.165) is 22.8 Å². The molecule has 0 saturated carbocycles. The van der Waals surface area contributed by atoms with E-state index in [9.17, 15) is 14.7 Å². The smallest absolute Gasteiger partial charge is 0.295 e. The van der Waals surface area contributed by atoms with Gasteiger partial charge in [-0.1, -0.05) is 79.0 Å². The molecule has 182 valence electrons. The van der Waals surface area contributed by atoms with Crippen LogP contribution in [0.15, 0.2) is 54.1 Å². The predicted molar refractivity (Wildman–Crippen MR) is 137 cm³/mol.